The van der Waals surface area contributed by atoms with E-state index >= 15 is 0 Å². The summed E-state index contributed by atoms with van der Waals surface area (Å²) in [5.41, 5.74) is 12.6. The number of nitrogens with zero attached hydrogens (tertiary/aromatic N) is 7. The van der Waals surface area contributed by atoms with Crippen LogP contribution in [0.3, 0.4) is 0 Å². The number of rotatable bonds is 7. The Kier molecular flexibility index (Phi) is 18.5. The van der Waals surface area contributed by atoms with Crippen LogP contribution in [0.25, 0.3) is 10.4 Å². The molecule has 41 heavy (non-hydrogen) atoms. The fraction of sp³-hybridized carbons (Fsp3) is 0.923. The number of aliphatic hydroxyl groups is 3. The van der Waals surface area contributed by atoms with Crippen molar-refractivity contribution in [1.29, 1.82) is 0 Å². The van der Waals surface area contributed by atoms with Crippen LogP contribution in [0.1, 0.15) is 48.5 Å². The van der Waals surface area contributed by atoms with Gasteiger partial charge in [0.25, 0.3) is 0 Å². The Morgan fingerprint density at radius 3 is 1.46 bits per heavy atom. The maximum atomic E-state index is 11.9. The van der Waals surface area contributed by atoms with E-state index in [0.717, 1.165) is 13.1 Å². The van der Waals surface area contributed by atoms with E-state index in [9.17, 15) is 19.8 Å². The summed E-state index contributed by atoms with van der Waals surface area (Å²) in [5.74, 6) is 0. The van der Waals surface area contributed by atoms with E-state index in [2.05, 4.69) is 14.9 Å². The average Bonchev–Trinajstić information content (AvgIpc) is 2.87. The minimum Gasteiger partial charge on any atom is -0.444 e. The van der Waals surface area contributed by atoms with Gasteiger partial charge in [-0.2, -0.15) is 0 Å². The van der Waals surface area contributed by atoms with Gasteiger partial charge >= 0.3 is 12.2 Å². The summed E-state index contributed by atoms with van der Waals surface area (Å²) in [6.07, 6.45) is -1.72. The van der Waals surface area contributed by atoms with Crippen LogP contribution < -0.4 is 5.73 Å². The number of aliphatic hydroxyl groups excluding tert-OH is 3. The molecular weight excluding hydrogens is 536 g/mol. The highest BCUT2D eigenvalue weighted by Gasteiger charge is 2.27. The third-order valence-electron chi connectivity index (χ3n) is 5.61. The second kappa shape index (κ2) is 19.7. The first-order valence-corrected chi connectivity index (χ1v) is 14.1. The SMILES string of the molecule is CC(C)(C)OC(=O)N1CCN(CC(O)CN)CC1.CC(C)(C)OC(=O)N1CCN(CC(O)CN=[N+]=[N-])CC1.CCO. The minimum atomic E-state index is -0.668. The summed E-state index contributed by atoms with van der Waals surface area (Å²) in [7, 11) is 0. The summed E-state index contributed by atoms with van der Waals surface area (Å²) >= 11 is 0. The maximum absolute atomic E-state index is 11.9. The third kappa shape index (κ3) is 19.4. The highest BCUT2D eigenvalue weighted by molar-refractivity contribution is 5.68. The molecule has 0 aromatic rings. The Morgan fingerprint density at radius 1 is 0.829 bits per heavy atom. The monoisotopic (exact) mass is 590 g/mol. The molecule has 0 spiro atoms. The molecule has 2 amide bonds. The Morgan fingerprint density at radius 2 is 1.17 bits per heavy atom. The van der Waals surface area contributed by atoms with Crippen LogP contribution in [0.2, 0.25) is 0 Å². The first kappa shape index (κ1) is 38.6. The van der Waals surface area contributed by atoms with Crippen LogP contribution in [-0.2, 0) is 9.47 Å². The zero-order valence-electron chi connectivity index (χ0n) is 26.0. The number of piperazine rings is 2. The number of azide groups is 1. The van der Waals surface area contributed by atoms with Crippen LogP contribution in [0.5, 0.6) is 0 Å². The number of hydrogen-bond acceptors (Lipinski definition) is 11. The summed E-state index contributed by atoms with van der Waals surface area (Å²) in [6, 6.07) is 0. The molecule has 0 aromatic carbocycles. The van der Waals surface area contributed by atoms with Crippen molar-refractivity contribution in [2.24, 2.45) is 10.8 Å². The quantitative estimate of drug-likeness (QED) is 0.189. The molecular formula is C26H54N8O7. The molecule has 2 atom stereocenters. The fourth-order valence-corrected chi connectivity index (χ4v) is 3.74. The van der Waals surface area contributed by atoms with Gasteiger partial charge in [-0.3, -0.25) is 9.80 Å². The van der Waals surface area contributed by atoms with Gasteiger partial charge in [0.15, 0.2) is 0 Å². The molecule has 0 bridgehead atoms. The number of carbonyl (C=O) groups excluding carboxylic acids is 2. The highest BCUT2D eigenvalue weighted by atomic mass is 16.6. The van der Waals surface area contributed by atoms with Gasteiger partial charge in [-0.05, 0) is 54.0 Å². The molecule has 2 unspecified atom stereocenters. The summed E-state index contributed by atoms with van der Waals surface area (Å²) < 4.78 is 10.6. The number of β-amino-alcohol motifs (C(OH)–C–C–N with tert-alkyl or cyclic N) is 2. The van der Waals surface area contributed by atoms with E-state index in [4.69, 9.17) is 25.8 Å². The van der Waals surface area contributed by atoms with Crippen molar-refractivity contribution in [3.05, 3.63) is 10.4 Å². The zero-order chi connectivity index (χ0) is 31.6. The van der Waals surface area contributed by atoms with E-state index in [0.29, 0.717) is 52.4 Å². The lowest BCUT2D eigenvalue weighted by atomic mass is 10.2. The predicted molar refractivity (Wildman–Crippen MR) is 156 cm³/mol. The lowest BCUT2D eigenvalue weighted by Crippen LogP contribution is -2.52. The van der Waals surface area contributed by atoms with Gasteiger partial charge in [-0.15, -0.1) is 0 Å². The van der Waals surface area contributed by atoms with Gasteiger partial charge in [0.1, 0.15) is 11.2 Å². The van der Waals surface area contributed by atoms with Crippen molar-refractivity contribution in [3.8, 4) is 0 Å². The number of carbonyl (C=O) groups is 2. The van der Waals surface area contributed by atoms with Gasteiger partial charge in [0.2, 0.25) is 0 Å². The normalized spacial score (nSPS) is 18.0. The Balaban J connectivity index is 0.000000715. The first-order chi connectivity index (χ1) is 19.0. The number of ether oxygens (including phenoxy) is 2. The first-order valence-electron chi connectivity index (χ1n) is 14.1. The van der Waals surface area contributed by atoms with Crippen LogP contribution in [-0.4, -0.2) is 156 Å². The third-order valence-corrected chi connectivity index (χ3v) is 5.61. The smallest absolute Gasteiger partial charge is 0.410 e. The van der Waals surface area contributed by atoms with E-state index in [1.54, 1.807) is 16.7 Å². The van der Waals surface area contributed by atoms with E-state index in [1.165, 1.54) is 0 Å². The van der Waals surface area contributed by atoms with Crippen molar-refractivity contribution < 1.29 is 34.4 Å². The molecule has 0 aromatic heterocycles. The highest BCUT2D eigenvalue weighted by Crippen LogP contribution is 2.13. The van der Waals surface area contributed by atoms with Crippen molar-refractivity contribution in [3.63, 3.8) is 0 Å². The molecule has 2 rings (SSSR count). The molecule has 15 nitrogen and oxygen atoms in total. The topological polar surface area (TPSA) is 201 Å². The average molecular weight is 591 g/mol. The van der Waals surface area contributed by atoms with Crippen molar-refractivity contribution in [1.82, 2.24) is 19.6 Å². The lowest BCUT2D eigenvalue weighted by Gasteiger charge is -2.36. The van der Waals surface area contributed by atoms with Gasteiger partial charge < -0.3 is 40.3 Å². The van der Waals surface area contributed by atoms with Crippen molar-refractivity contribution in [2.75, 3.05) is 85.1 Å². The molecule has 2 aliphatic rings. The largest absolute Gasteiger partial charge is 0.444 e. The second-order valence-corrected chi connectivity index (χ2v) is 11.8. The maximum Gasteiger partial charge on any atom is 0.410 e. The Labute approximate surface area is 244 Å². The molecule has 2 aliphatic heterocycles. The van der Waals surface area contributed by atoms with Crippen LogP contribution in [0.15, 0.2) is 5.11 Å². The molecule has 2 fully saturated rings. The van der Waals surface area contributed by atoms with Gasteiger partial charge in [-0.25, -0.2) is 9.59 Å². The summed E-state index contributed by atoms with van der Waals surface area (Å²) in [6.45, 7) is 19.6. The predicted octanol–water partition coefficient (Wildman–Crippen LogP) is 1.07. The molecule has 2 heterocycles. The van der Waals surface area contributed by atoms with Crippen LogP contribution in [0, 0.1) is 0 Å². The summed E-state index contributed by atoms with van der Waals surface area (Å²) in [5, 5.41) is 30.0. The van der Waals surface area contributed by atoms with Crippen LogP contribution in [0.4, 0.5) is 9.59 Å². The second-order valence-electron chi connectivity index (χ2n) is 11.8. The number of hydrogen-bond donors (Lipinski definition) is 4. The van der Waals surface area contributed by atoms with E-state index in [1.807, 2.05) is 46.4 Å². The lowest BCUT2D eigenvalue weighted by molar-refractivity contribution is 0.00956. The Hall–Kier alpha value is -2.39. The fourth-order valence-electron chi connectivity index (χ4n) is 3.74. The standard InChI is InChI=1S/C12H23N5O3.C12H25N3O3.C2H6O/c1-12(2,3)20-11(19)17-6-4-16(5-7-17)9-10(18)8-14-15-13;1-12(2,3)18-11(17)15-6-4-14(5-7-15)9-10(16)8-13;1-2-3/h10,18H,4-9H2,1-3H3;10,16H,4-9,13H2,1-3H3;3H,2H2,1H3. The zero-order valence-corrected chi connectivity index (χ0v) is 26.0. The molecule has 5 N–H and O–H groups in total. The number of amides is 2. The van der Waals surface area contributed by atoms with E-state index < -0.39 is 23.4 Å². The number of nitrogens with two attached hydrogens (primary N) is 1. The molecule has 240 valence electrons. The molecule has 0 radical (unpaired) electrons. The molecule has 0 aliphatic carbocycles. The minimum absolute atomic E-state index is 0.0722. The Bertz CT molecular complexity index is 784. The van der Waals surface area contributed by atoms with Crippen molar-refractivity contribution in [2.45, 2.75) is 71.9 Å². The van der Waals surface area contributed by atoms with Gasteiger partial charge in [0, 0.05) is 83.5 Å². The molecule has 0 saturated carbocycles. The van der Waals surface area contributed by atoms with E-state index in [-0.39, 0.29) is 31.9 Å². The molecule has 15 heteroatoms. The van der Waals surface area contributed by atoms with Gasteiger partial charge in [0.05, 0.1) is 18.8 Å². The molecule has 2 saturated heterocycles. The summed E-state index contributed by atoms with van der Waals surface area (Å²) in [4.78, 5) is 33.8. The van der Waals surface area contributed by atoms with Crippen molar-refractivity contribution >= 4 is 12.2 Å². The van der Waals surface area contributed by atoms with Crippen LogP contribution >= 0.6 is 0 Å². The van der Waals surface area contributed by atoms with Gasteiger partial charge in [-0.1, -0.05) is 5.11 Å².